The lowest BCUT2D eigenvalue weighted by atomic mass is 10.2. The predicted octanol–water partition coefficient (Wildman–Crippen LogP) is 0.479. The van der Waals surface area contributed by atoms with Crippen molar-refractivity contribution in [3.63, 3.8) is 0 Å². The van der Waals surface area contributed by atoms with Crippen molar-refractivity contribution in [1.82, 2.24) is 9.97 Å². The Labute approximate surface area is 123 Å². The molecule has 0 bridgehead atoms. The predicted molar refractivity (Wildman–Crippen MR) is 83.8 cm³/mol. The zero-order valence-corrected chi connectivity index (χ0v) is 11.3. The van der Waals surface area contributed by atoms with Gasteiger partial charge in [-0.25, -0.2) is 0 Å². The lowest BCUT2D eigenvalue weighted by molar-refractivity contribution is 0.478. The second-order valence-electron chi connectivity index (χ2n) is 4.39. The number of phenolic OH excluding ortho intramolecular Hbond substituents is 2. The minimum absolute atomic E-state index is 0.0370. The van der Waals surface area contributed by atoms with Crippen LogP contribution in [0.25, 0.3) is 11.0 Å². The second-order valence-corrected chi connectivity index (χ2v) is 4.39. The maximum atomic E-state index is 10.9. The van der Waals surface area contributed by atoms with Crippen LogP contribution in [0.4, 0.5) is 11.4 Å². The summed E-state index contributed by atoms with van der Waals surface area (Å²) in [6, 6.07) is 9.36. The first-order valence-corrected chi connectivity index (χ1v) is 6.17. The van der Waals surface area contributed by atoms with E-state index in [0.717, 1.165) is 0 Å². The van der Waals surface area contributed by atoms with Crippen molar-refractivity contribution in [2.75, 3.05) is 11.5 Å². The highest BCUT2D eigenvalue weighted by Crippen LogP contribution is 2.24. The number of hydrogen-bond acceptors (Lipinski definition) is 6. The number of H-pyrrole nitrogens is 2. The van der Waals surface area contributed by atoms with Crippen LogP contribution in [0, 0.1) is 0 Å². The van der Waals surface area contributed by atoms with Crippen LogP contribution in [0.2, 0.25) is 0 Å². The Morgan fingerprint density at radius 3 is 2.05 bits per heavy atom. The summed E-state index contributed by atoms with van der Waals surface area (Å²) in [5, 5.41) is 18.2. The lowest BCUT2D eigenvalue weighted by Crippen LogP contribution is -2.28. The lowest BCUT2D eigenvalue weighted by Gasteiger charge is -1.99. The number of para-hydroxylation sites is 2. The Morgan fingerprint density at radius 2 is 1.41 bits per heavy atom. The van der Waals surface area contributed by atoms with Gasteiger partial charge < -0.3 is 31.6 Å². The van der Waals surface area contributed by atoms with Gasteiger partial charge in [-0.05, 0) is 24.3 Å². The number of rotatable bonds is 0. The average molecular weight is 302 g/mol. The summed E-state index contributed by atoms with van der Waals surface area (Å²) in [6.07, 6.45) is 0. The number of anilines is 2. The number of benzene rings is 2. The van der Waals surface area contributed by atoms with E-state index in [1.165, 1.54) is 12.1 Å². The fraction of sp³-hybridized carbons (Fsp3) is 0. The van der Waals surface area contributed by atoms with E-state index in [4.69, 9.17) is 16.6 Å². The first-order chi connectivity index (χ1) is 10.4. The molecular weight excluding hydrogens is 288 g/mol. The van der Waals surface area contributed by atoms with Crippen molar-refractivity contribution < 1.29 is 10.2 Å². The van der Waals surface area contributed by atoms with Crippen LogP contribution in [0.15, 0.2) is 46.0 Å². The Kier molecular flexibility index (Phi) is 4.03. The molecule has 0 unspecified atom stereocenters. The summed E-state index contributed by atoms with van der Waals surface area (Å²) in [6.45, 7) is 0. The van der Waals surface area contributed by atoms with E-state index in [1.54, 1.807) is 24.3 Å². The van der Waals surface area contributed by atoms with Gasteiger partial charge in [-0.2, -0.15) is 0 Å². The molecule has 0 atom stereocenters. The van der Waals surface area contributed by atoms with Gasteiger partial charge in [0.2, 0.25) is 0 Å². The SMILES string of the molecule is Nc1cccc(O)c1N.O=c1[nH]c2cccc(O)c2[nH]c1=O. The molecule has 0 radical (unpaired) electrons. The molecular formula is C14H14N4O4. The smallest absolute Gasteiger partial charge is 0.314 e. The third-order valence-corrected chi connectivity index (χ3v) is 2.85. The van der Waals surface area contributed by atoms with Gasteiger partial charge in [0.15, 0.2) is 0 Å². The molecule has 3 rings (SSSR count). The Hall–Kier alpha value is -3.42. The normalized spacial score (nSPS) is 10.0. The monoisotopic (exact) mass is 302 g/mol. The van der Waals surface area contributed by atoms with E-state index in [0.29, 0.717) is 11.2 Å². The standard InChI is InChI=1S/C8H6N2O3.C6H8N2O/c11-5-3-1-2-4-6(5)10-8(13)7(12)9-4;7-4-2-1-3-5(9)6(4)8/h1-3,11H,(H,9,12)(H,10,13);1-3,9H,7-8H2. The number of aromatic amines is 2. The number of aromatic nitrogens is 2. The summed E-state index contributed by atoms with van der Waals surface area (Å²) in [4.78, 5) is 26.4. The van der Waals surface area contributed by atoms with Crippen molar-refractivity contribution in [2.45, 2.75) is 0 Å². The molecule has 0 aliphatic rings. The molecule has 1 aromatic heterocycles. The number of aromatic hydroxyl groups is 2. The molecule has 0 amide bonds. The van der Waals surface area contributed by atoms with Gasteiger partial charge in [0, 0.05) is 0 Å². The second kappa shape index (κ2) is 5.92. The Balaban J connectivity index is 0.000000172. The van der Waals surface area contributed by atoms with Crippen LogP contribution in [0.5, 0.6) is 11.5 Å². The number of phenols is 2. The van der Waals surface area contributed by atoms with Gasteiger partial charge in [-0.3, -0.25) is 9.59 Å². The van der Waals surface area contributed by atoms with Crippen LogP contribution >= 0.6 is 0 Å². The summed E-state index contributed by atoms with van der Waals surface area (Å²) in [5.74, 6) is -0.0270. The third kappa shape index (κ3) is 3.01. The van der Waals surface area contributed by atoms with E-state index in [9.17, 15) is 14.7 Å². The van der Waals surface area contributed by atoms with E-state index < -0.39 is 11.1 Å². The van der Waals surface area contributed by atoms with Crippen molar-refractivity contribution in [1.29, 1.82) is 0 Å². The van der Waals surface area contributed by atoms with Crippen molar-refractivity contribution >= 4 is 22.4 Å². The number of fused-ring (bicyclic) bond motifs is 1. The van der Waals surface area contributed by atoms with Crippen LogP contribution in [-0.2, 0) is 0 Å². The molecule has 0 saturated heterocycles. The van der Waals surface area contributed by atoms with Gasteiger partial charge in [0.25, 0.3) is 0 Å². The minimum Gasteiger partial charge on any atom is -0.506 e. The molecule has 0 aliphatic heterocycles. The molecule has 0 spiro atoms. The minimum atomic E-state index is -0.769. The van der Waals surface area contributed by atoms with Crippen molar-refractivity contribution in [3.05, 3.63) is 57.1 Å². The highest BCUT2D eigenvalue weighted by atomic mass is 16.3. The summed E-state index contributed by atoms with van der Waals surface area (Å²) >= 11 is 0. The van der Waals surface area contributed by atoms with Gasteiger partial charge in [0.05, 0.1) is 16.9 Å². The fourth-order valence-corrected chi connectivity index (χ4v) is 1.70. The molecule has 8 N–H and O–H groups in total. The van der Waals surface area contributed by atoms with E-state index in [2.05, 4.69) is 9.97 Å². The van der Waals surface area contributed by atoms with Crippen LogP contribution < -0.4 is 22.6 Å². The van der Waals surface area contributed by atoms with Gasteiger partial charge in [0.1, 0.15) is 17.0 Å². The molecule has 8 heteroatoms. The van der Waals surface area contributed by atoms with Gasteiger partial charge in [-0.15, -0.1) is 0 Å². The molecule has 0 aliphatic carbocycles. The van der Waals surface area contributed by atoms with Crippen LogP contribution in [0.3, 0.4) is 0 Å². The molecule has 3 aromatic rings. The fourth-order valence-electron chi connectivity index (χ4n) is 1.70. The first kappa shape index (κ1) is 15.0. The maximum absolute atomic E-state index is 10.9. The molecule has 8 nitrogen and oxygen atoms in total. The zero-order chi connectivity index (χ0) is 16.3. The van der Waals surface area contributed by atoms with E-state index in [1.807, 2.05) is 0 Å². The molecule has 2 aromatic carbocycles. The maximum Gasteiger partial charge on any atom is 0.314 e. The van der Waals surface area contributed by atoms with Gasteiger partial charge in [-0.1, -0.05) is 12.1 Å². The summed E-state index contributed by atoms with van der Waals surface area (Å²) in [5.41, 5.74) is 10.5. The van der Waals surface area contributed by atoms with E-state index in [-0.39, 0.29) is 22.7 Å². The van der Waals surface area contributed by atoms with Crippen LogP contribution in [0.1, 0.15) is 0 Å². The summed E-state index contributed by atoms with van der Waals surface area (Å²) < 4.78 is 0. The van der Waals surface area contributed by atoms with Crippen molar-refractivity contribution in [2.24, 2.45) is 0 Å². The topological polar surface area (TPSA) is 158 Å². The average Bonchev–Trinajstić information content (AvgIpc) is 2.48. The van der Waals surface area contributed by atoms with Crippen LogP contribution in [-0.4, -0.2) is 20.2 Å². The molecule has 114 valence electrons. The largest absolute Gasteiger partial charge is 0.506 e. The Morgan fingerprint density at radius 1 is 0.818 bits per heavy atom. The zero-order valence-electron chi connectivity index (χ0n) is 11.3. The third-order valence-electron chi connectivity index (χ3n) is 2.85. The Bertz CT molecular complexity index is 910. The molecule has 0 fully saturated rings. The molecule has 0 saturated carbocycles. The molecule has 22 heavy (non-hydrogen) atoms. The summed E-state index contributed by atoms with van der Waals surface area (Å²) in [7, 11) is 0. The van der Waals surface area contributed by atoms with E-state index >= 15 is 0 Å². The number of nitrogen functional groups attached to an aromatic ring is 2. The highest BCUT2D eigenvalue weighted by Gasteiger charge is 2.01. The number of nitrogens with one attached hydrogen (secondary N) is 2. The number of hydrogen-bond donors (Lipinski definition) is 6. The number of nitrogens with two attached hydrogens (primary N) is 2. The first-order valence-electron chi connectivity index (χ1n) is 6.17. The highest BCUT2D eigenvalue weighted by molar-refractivity contribution is 5.79. The quantitative estimate of drug-likeness (QED) is 0.201. The van der Waals surface area contributed by atoms with Gasteiger partial charge >= 0.3 is 11.1 Å². The molecule has 1 heterocycles. The van der Waals surface area contributed by atoms with Crippen molar-refractivity contribution in [3.8, 4) is 11.5 Å².